The Morgan fingerprint density at radius 1 is 1.19 bits per heavy atom. The molecule has 2 amide bonds. The van der Waals surface area contributed by atoms with Crippen LogP contribution in [0.25, 0.3) is 0 Å². The predicted molar refractivity (Wildman–Crippen MR) is 84.5 cm³/mol. The van der Waals surface area contributed by atoms with Gasteiger partial charge in [0.2, 0.25) is 0 Å². The van der Waals surface area contributed by atoms with Gasteiger partial charge in [0.15, 0.2) is 0 Å². The first-order valence-electron chi connectivity index (χ1n) is 8.47. The number of likely N-dealkylation sites (tertiary alicyclic amines) is 1. The Morgan fingerprint density at radius 2 is 1.86 bits per heavy atom. The number of carbonyl (C=O) groups excluding carboxylic acids is 1. The van der Waals surface area contributed by atoms with E-state index < -0.39 is 0 Å². The van der Waals surface area contributed by atoms with Gasteiger partial charge in [-0.15, -0.1) is 0 Å². The molecule has 0 aromatic heterocycles. The molecule has 2 heterocycles. The minimum atomic E-state index is 0.224. The quantitative estimate of drug-likeness (QED) is 0.777. The summed E-state index contributed by atoms with van der Waals surface area (Å²) in [6.07, 6.45) is 3.28. The number of urea groups is 1. The van der Waals surface area contributed by atoms with Gasteiger partial charge in [-0.1, -0.05) is 0 Å². The number of ether oxygens (including phenoxy) is 1. The van der Waals surface area contributed by atoms with Crippen LogP contribution in [0.15, 0.2) is 0 Å². The molecule has 0 aliphatic carbocycles. The van der Waals surface area contributed by atoms with Gasteiger partial charge in [-0.25, -0.2) is 4.79 Å². The van der Waals surface area contributed by atoms with Crippen LogP contribution in [-0.2, 0) is 4.74 Å². The summed E-state index contributed by atoms with van der Waals surface area (Å²) in [6.45, 7) is 10.4. The van der Waals surface area contributed by atoms with Crippen molar-refractivity contribution in [2.45, 2.75) is 39.2 Å². The van der Waals surface area contributed by atoms with Crippen LogP contribution < -0.4 is 0 Å². The molecule has 1 unspecified atom stereocenters. The first-order chi connectivity index (χ1) is 10.2. The fourth-order valence-electron chi connectivity index (χ4n) is 3.37. The van der Waals surface area contributed by atoms with Crippen LogP contribution >= 0.6 is 0 Å². The molecule has 0 radical (unpaired) electrons. The van der Waals surface area contributed by atoms with Crippen molar-refractivity contribution in [1.82, 2.24) is 14.7 Å². The average molecular weight is 297 g/mol. The number of amides is 2. The Labute approximate surface area is 129 Å². The molecule has 0 aromatic rings. The molecular formula is C16H31N3O2. The van der Waals surface area contributed by atoms with Gasteiger partial charge in [0, 0.05) is 38.2 Å². The summed E-state index contributed by atoms with van der Waals surface area (Å²) in [7, 11) is 2.16. The largest absolute Gasteiger partial charge is 0.381 e. The standard InChI is InChI=1S/C16H31N3O2/c1-4-18(5-2)16(20)19(12-14-8-11-21-13-14)15-6-9-17(3)10-7-15/h14-15H,4-13H2,1-3H3. The van der Waals surface area contributed by atoms with Crippen molar-refractivity contribution in [1.29, 1.82) is 0 Å². The average Bonchev–Trinajstić information content (AvgIpc) is 3.00. The van der Waals surface area contributed by atoms with Gasteiger partial charge in [0.1, 0.15) is 0 Å². The van der Waals surface area contributed by atoms with Gasteiger partial charge in [-0.3, -0.25) is 0 Å². The molecule has 0 aromatic carbocycles. The Bertz CT molecular complexity index is 319. The van der Waals surface area contributed by atoms with Crippen molar-refractivity contribution in [3.8, 4) is 0 Å². The second-order valence-corrected chi connectivity index (χ2v) is 6.37. The van der Waals surface area contributed by atoms with Crippen LogP contribution in [0.2, 0.25) is 0 Å². The maximum atomic E-state index is 12.9. The molecule has 0 saturated carbocycles. The van der Waals surface area contributed by atoms with Gasteiger partial charge in [0.25, 0.3) is 0 Å². The molecule has 21 heavy (non-hydrogen) atoms. The highest BCUT2D eigenvalue weighted by Crippen LogP contribution is 2.22. The number of rotatable bonds is 5. The summed E-state index contributed by atoms with van der Waals surface area (Å²) >= 11 is 0. The van der Waals surface area contributed by atoms with E-state index in [-0.39, 0.29) is 6.03 Å². The second-order valence-electron chi connectivity index (χ2n) is 6.37. The van der Waals surface area contributed by atoms with E-state index in [0.29, 0.717) is 12.0 Å². The molecule has 2 fully saturated rings. The van der Waals surface area contributed by atoms with Gasteiger partial charge >= 0.3 is 6.03 Å². The van der Waals surface area contributed by atoms with Crippen molar-refractivity contribution in [2.24, 2.45) is 5.92 Å². The minimum absolute atomic E-state index is 0.224. The Morgan fingerprint density at radius 3 is 2.38 bits per heavy atom. The molecule has 2 aliphatic heterocycles. The molecule has 5 nitrogen and oxygen atoms in total. The predicted octanol–water partition coefficient (Wildman–Crippen LogP) is 1.88. The Hall–Kier alpha value is -0.810. The third kappa shape index (κ3) is 4.33. The van der Waals surface area contributed by atoms with E-state index >= 15 is 0 Å². The fraction of sp³-hybridized carbons (Fsp3) is 0.938. The van der Waals surface area contributed by atoms with E-state index in [1.165, 1.54) is 0 Å². The van der Waals surface area contributed by atoms with E-state index in [0.717, 1.165) is 65.2 Å². The van der Waals surface area contributed by atoms with Gasteiger partial charge in [-0.05, 0) is 53.2 Å². The van der Waals surface area contributed by atoms with E-state index in [4.69, 9.17) is 4.74 Å². The summed E-state index contributed by atoms with van der Waals surface area (Å²) in [5.74, 6) is 0.518. The van der Waals surface area contributed by atoms with E-state index in [1.54, 1.807) is 0 Å². The minimum Gasteiger partial charge on any atom is -0.381 e. The van der Waals surface area contributed by atoms with Crippen LogP contribution in [0.1, 0.15) is 33.1 Å². The van der Waals surface area contributed by atoms with Crippen molar-refractivity contribution >= 4 is 6.03 Å². The summed E-state index contributed by atoms with van der Waals surface area (Å²) < 4.78 is 5.50. The molecular weight excluding hydrogens is 266 g/mol. The lowest BCUT2D eigenvalue weighted by molar-refractivity contribution is 0.0930. The van der Waals surface area contributed by atoms with Gasteiger partial charge in [-0.2, -0.15) is 0 Å². The van der Waals surface area contributed by atoms with Crippen molar-refractivity contribution in [3.63, 3.8) is 0 Å². The number of carbonyl (C=O) groups is 1. The van der Waals surface area contributed by atoms with Crippen molar-refractivity contribution < 1.29 is 9.53 Å². The lowest BCUT2D eigenvalue weighted by Gasteiger charge is -2.40. The number of hydrogen-bond acceptors (Lipinski definition) is 3. The lowest BCUT2D eigenvalue weighted by Crippen LogP contribution is -2.53. The van der Waals surface area contributed by atoms with Crippen molar-refractivity contribution in [3.05, 3.63) is 0 Å². The Balaban J connectivity index is 2.03. The normalized spacial score (nSPS) is 24.2. The van der Waals surface area contributed by atoms with Gasteiger partial charge in [0.05, 0.1) is 6.61 Å². The summed E-state index contributed by atoms with van der Waals surface area (Å²) in [6, 6.07) is 0.622. The zero-order valence-corrected chi connectivity index (χ0v) is 13.9. The lowest BCUT2D eigenvalue weighted by atomic mass is 10.0. The molecule has 2 aliphatic rings. The molecule has 0 spiro atoms. The summed E-state index contributed by atoms with van der Waals surface area (Å²) in [5, 5.41) is 0. The van der Waals surface area contributed by atoms with Gasteiger partial charge < -0.3 is 19.4 Å². The SMILES string of the molecule is CCN(CC)C(=O)N(CC1CCOC1)C1CCN(C)CC1. The molecule has 1 atom stereocenters. The summed E-state index contributed by atoms with van der Waals surface area (Å²) in [5.41, 5.74) is 0. The zero-order valence-electron chi connectivity index (χ0n) is 13.9. The highest BCUT2D eigenvalue weighted by molar-refractivity contribution is 5.74. The molecule has 5 heteroatoms. The molecule has 2 rings (SSSR count). The number of piperidine rings is 1. The highest BCUT2D eigenvalue weighted by atomic mass is 16.5. The van der Waals surface area contributed by atoms with Crippen LogP contribution in [0, 0.1) is 5.92 Å². The first kappa shape index (κ1) is 16.6. The highest BCUT2D eigenvalue weighted by Gasteiger charge is 2.31. The topological polar surface area (TPSA) is 36.0 Å². The van der Waals surface area contributed by atoms with E-state index in [1.807, 2.05) is 4.90 Å². The monoisotopic (exact) mass is 297 g/mol. The van der Waals surface area contributed by atoms with Crippen LogP contribution in [0.5, 0.6) is 0 Å². The molecule has 0 N–H and O–H groups in total. The zero-order chi connectivity index (χ0) is 15.2. The van der Waals surface area contributed by atoms with Crippen LogP contribution in [0.4, 0.5) is 4.79 Å². The summed E-state index contributed by atoms with van der Waals surface area (Å²) in [4.78, 5) is 19.3. The van der Waals surface area contributed by atoms with Crippen LogP contribution in [-0.4, -0.2) is 79.8 Å². The third-order valence-electron chi connectivity index (χ3n) is 4.89. The maximum absolute atomic E-state index is 12.9. The third-order valence-corrected chi connectivity index (χ3v) is 4.89. The van der Waals surface area contributed by atoms with Crippen LogP contribution in [0.3, 0.4) is 0 Å². The smallest absolute Gasteiger partial charge is 0.320 e. The second kappa shape index (κ2) is 7.99. The van der Waals surface area contributed by atoms with E-state index in [9.17, 15) is 4.79 Å². The van der Waals surface area contributed by atoms with Crippen molar-refractivity contribution in [2.75, 3.05) is 53.0 Å². The first-order valence-corrected chi connectivity index (χ1v) is 8.47. The molecule has 0 bridgehead atoms. The number of hydrogen-bond donors (Lipinski definition) is 0. The number of nitrogens with zero attached hydrogens (tertiary/aromatic N) is 3. The Kier molecular flexibility index (Phi) is 6.30. The fourth-order valence-corrected chi connectivity index (χ4v) is 3.37. The van der Waals surface area contributed by atoms with E-state index in [2.05, 4.69) is 30.7 Å². The molecule has 2 saturated heterocycles. The molecule has 122 valence electrons. The maximum Gasteiger partial charge on any atom is 0.320 e.